The zero-order valence-electron chi connectivity index (χ0n) is 10.6. The second-order valence-corrected chi connectivity index (χ2v) is 4.98. The van der Waals surface area contributed by atoms with E-state index in [-0.39, 0.29) is 0 Å². The minimum atomic E-state index is 0.739. The van der Waals surface area contributed by atoms with Gasteiger partial charge in [0.05, 0.1) is 0 Å². The zero-order chi connectivity index (χ0) is 12.0. The number of aromatic nitrogens is 2. The lowest BCUT2D eigenvalue weighted by atomic mass is 10.2. The highest BCUT2D eigenvalue weighted by Crippen LogP contribution is 2.22. The Kier molecular flexibility index (Phi) is 5.60. The Bertz CT molecular complexity index is 306. The number of anilines is 1. The van der Waals surface area contributed by atoms with Crippen molar-refractivity contribution in [3.05, 3.63) is 11.9 Å². The van der Waals surface area contributed by atoms with Gasteiger partial charge in [0.1, 0.15) is 16.7 Å². The SMILES string of the molecule is CCc1nc(NC)cc(SCC(C)CC)n1. The number of hydrogen-bond acceptors (Lipinski definition) is 4. The maximum atomic E-state index is 4.52. The van der Waals surface area contributed by atoms with Gasteiger partial charge in [0.15, 0.2) is 0 Å². The van der Waals surface area contributed by atoms with Crippen LogP contribution in [0.5, 0.6) is 0 Å². The fraction of sp³-hybridized carbons (Fsp3) is 0.667. The monoisotopic (exact) mass is 239 g/mol. The summed E-state index contributed by atoms with van der Waals surface area (Å²) < 4.78 is 0. The number of hydrogen-bond donors (Lipinski definition) is 1. The Hall–Kier alpha value is -0.770. The highest BCUT2D eigenvalue weighted by atomic mass is 32.2. The first kappa shape index (κ1) is 13.3. The third kappa shape index (κ3) is 4.00. The average Bonchev–Trinajstić information content (AvgIpc) is 2.35. The lowest BCUT2D eigenvalue weighted by molar-refractivity contribution is 0.636. The summed E-state index contributed by atoms with van der Waals surface area (Å²) in [4.78, 5) is 8.90. The van der Waals surface area contributed by atoms with Crippen molar-refractivity contribution in [2.45, 2.75) is 38.6 Å². The van der Waals surface area contributed by atoms with E-state index in [1.807, 2.05) is 24.9 Å². The third-order valence-corrected chi connectivity index (χ3v) is 3.77. The Morgan fingerprint density at radius 1 is 1.38 bits per heavy atom. The molecule has 1 rings (SSSR count). The van der Waals surface area contributed by atoms with Gasteiger partial charge in [-0.25, -0.2) is 9.97 Å². The van der Waals surface area contributed by atoms with Crippen LogP contribution in [-0.2, 0) is 6.42 Å². The normalized spacial score (nSPS) is 12.5. The van der Waals surface area contributed by atoms with Crippen LogP contribution in [0.3, 0.4) is 0 Å². The maximum absolute atomic E-state index is 4.52. The molecule has 0 bridgehead atoms. The molecular weight excluding hydrogens is 218 g/mol. The van der Waals surface area contributed by atoms with Gasteiger partial charge in [0.2, 0.25) is 0 Å². The molecule has 0 spiro atoms. The largest absolute Gasteiger partial charge is 0.373 e. The molecule has 0 radical (unpaired) electrons. The summed E-state index contributed by atoms with van der Waals surface area (Å²) in [6.45, 7) is 6.58. The highest BCUT2D eigenvalue weighted by Gasteiger charge is 2.05. The molecule has 1 atom stereocenters. The lowest BCUT2D eigenvalue weighted by Gasteiger charge is -2.09. The van der Waals surface area contributed by atoms with Crippen LogP contribution < -0.4 is 5.32 Å². The van der Waals surface area contributed by atoms with Crippen LogP contribution in [0, 0.1) is 5.92 Å². The molecular formula is C12H21N3S. The van der Waals surface area contributed by atoms with Gasteiger partial charge in [-0.1, -0.05) is 27.2 Å². The number of nitrogens with one attached hydrogen (secondary N) is 1. The minimum Gasteiger partial charge on any atom is -0.373 e. The van der Waals surface area contributed by atoms with Crippen LogP contribution in [0.25, 0.3) is 0 Å². The number of nitrogens with zero attached hydrogens (tertiary/aromatic N) is 2. The van der Waals surface area contributed by atoms with E-state index in [1.165, 1.54) is 6.42 Å². The van der Waals surface area contributed by atoms with Crippen molar-refractivity contribution in [3.63, 3.8) is 0 Å². The molecule has 0 aliphatic rings. The van der Waals surface area contributed by atoms with E-state index in [9.17, 15) is 0 Å². The summed E-state index contributed by atoms with van der Waals surface area (Å²) in [7, 11) is 1.89. The van der Waals surface area contributed by atoms with E-state index in [2.05, 4.69) is 36.1 Å². The van der Waals surface area contributed by atoms with Gasteiger partial charge in [0, 0.05) is 25.3 Å². The summed E-state index contributed by atoms with van der Waals surface area (Å²) in [6.07, 6.45) is 2.10. The Labute approximate surface area is 102 Å². The fourth-order valence-electron chi connectivity index (χ4n) is 1.18. The maximum Gasteiger partial charge on any atom is 0.131 e. The number of thioether (sulfide) groups is 1. The second kappa shape index (κ2) is 6.74. The minimum absolute atomic E-state index is 0.739. The van der Waals surface area contributed by atoms with Gasteiger partial charge in [-0.2, -0.15) is 0 Å². The molecule has 4 heteroatoms. The molecule has 0 aliphatic carbocycles. The highest BCUT2D eigenvalue weighted by molar-refractivity contribution is 7.99. The van der Waals surface area contributed by atoms with E-state index in [0.717, 1.165) is 34.8 Å². The molecule has 3 nitrogen and oxygen atoms in total. The van der Waals surface area contributed by atoms with Gasteiger partial charge >= 0.3 is 0 Å². The van der Waals surface area contributed by atoms with Crippen LogP contribution in [-0.4, -0.2) is 22.8 Å². The quantitative estimate of drug-likeness (QED) is 0.611. The van der Waals surface area contributed by atoms with Crippen LogP contribution in [0.1, 0.15) is 33.0 Å². The fourth-order valence-corrected chi connectivity index (χ4v) is 2.23. The second-order valence-electron chi connectivity index (χ2n) is 3.94. The summed E-state index contributed by atoms with van der Waals surface area (Å²) in [5.41, 5.74) is 0. The molecule has 0 aromatic carbocycles. The molecule has 0 saturated heterocycles. The topological polar surface area (TPSA) is 37.8 Å². The smallest absolute Gasteiger partial charge is 0.131 e. The summed E-state index contributed by atoms with van der Waals surface area (Å²) in [5.74, 6) is 3.69. The Morgan fingerprint density at radius 2 is 2.12 bits per heavy atom. The predicted molar refractivity (Wildman–Crippen MR) is 71.1 cm³/mol. The first-order valence-electron chi connectivity index (χ1n) is 5.88. The first-order valence-corrected chi connectivity index (χ1v) is 6.86. The molecule has 0 amide bonds. The van der Waals surface area contributed by atoms with E-state index in [1.54, 1.807) is 0 Å². The molecule has 0 saturated carbocycles. The molecule has 0 fully saturated rings. The van der Waals surface area contributed by atoms with Gasteiger partial charge < -0.3 is 5.32 Å². The number of rotatable bonds is 6. The standard InChI is InChI=1S/C12H21N3S/c1-5-9(3)8-16-12-7-11(13-4)14-10(6-2)15-12/h7,9H,5-6,8H2,1-4H3,(H,13,14,15). The van der Waals surface area contributed by atoms with Crippen LogP contribution >= 0.6 is 11.8 Å². The van der Waals surface area contributed by atoms with Gasteiger partial charge in [-0.3, -0.25) is 0 Å². The molecule has 16 heavy (non-hydrogen) atoms. The zero-order valence-corrected chi connectivity index (χ0v) is 11.4. The molecule has 1 unspecified atom stereocenters. The summed E-state index contributed by atoms with van der Waals surface area (Å²) in [5, 5.41) is 4.16. The van der Waals surface area contributed by atoms with Crippen LogP contribution in [0.4, 0.5) is 5.82 Å². The van der Waals surface area contributed by atoms with E-state index in [4.69, 9.17) is 0 Å². The van der Waals surface area contributed by atoms with Gasteiger partial charge in [0.25, 0.3) is 0 Å². The third-order valence-electron chi connectivity index (χ3n) is 2.53. The lowest BCUT2D eigenvalue weighted by Crippen LogP contribution is -2.02. The number of aryl methyl sites for hydroxylation is 1. The van der Waals surface area contributed by atoms with Crippen molar-refractivity contribution in [2.75, 3.05) is 18.1 Å². The van der Waals surface area contributed by atoms with Gasteiger partial charge in [-0.05, 0) is 5.92 Å². The van der Waals surface area contributed by atoms with E-state index < -0.39 is 0 Å². The van der Waals surface area contributed by atoms with Crippen molar-refractivity contribution in [1.29, 1.82) is 0 Å². The summed E-state index contributed by atoms with van der Waals surface area (Å²) >= 11 is 1.82. The van der Waals surface area contributed by atoms with Gasteiger partial charge in [-0.15, -0.1) is 11.8 Å². The molecule has 90 valence electrons. The van der Waals surface area contributed by atoms with Crippen molar-refractivity contribution in [2.24, 2.45) is 5.92 Å². The molecule has 0 aliphatic heterocycles. The first-order chi connectivity index (χ1) is 7.69. The van der Waals surface area contributed by atoms with Crippen molar-refractivity contribution < 1.29 is 0 Å². The van der Waals surface area contributed by atoms with Crippen molar-refractivity contribution >= 4 is 17.6 Å². The molecule has 1 N–H and O–H groups in total. The van der Waals surface area contributed by atoms with E-state index in [0.29, 0.717) is 0 Å². The Balaban J connectivity index is 2.71. The summed E-state index contributed by atoms with van der Waals surface area (Å²) in [6, 6.07) is 2.02. The van der Waals surface area contributed by atoms with Crippen molar-refractivity contribution in [3.8, 4) is 0 Å². The predicted octanol–water partition coefficient (Wildman–Crippen LogP) is 3.22. The van der Waals surface area contributed by atoms with Crippen LogP contribution in [0.2, 0.25) is 0 Å². The van der Waals surface area contributed by atoms with Crippen molar-refractivity contribution in [1.82, 2.24) is 9.97 Å². The molecule has 1 aromatic heterocycles. The molecule has 1 heterocycles. The molecule has 1 aromatic rings. The average molecular weight is 239 g/mol. The van der Waals surface area contributed by atoms with Crippen LogP contribution in [0.15, 0.2) is 11.1 Å². The van der Waals surface area contributed by atoms with E-state index >= 15 is 0 Å². The Morgan fingerprint density at radius 3 is 2.69 bits per heavy atom.